The van der Waals surface area contributed by atoms with Gasteiger partial charge in [0.05, 0.1) is 17.4 Å². The number of benzene rings is 1. The number of fused-ring (bicyclic) bond motifs is 1. The van der Waals surface area contributed by atoms with Crippen molar-refractivity contribution in [2.75, 3.05) is 0 Å². The summed E-state index contributed by atoms with van der Waals surface area (Å²) >= 11 is 0. The van der Waals surface area contributed by atoms with Gasteiger partial charge in [-0.05, 0) is 18.2 Å². The number of nitrogens with one attached hydrogen (secondary N) is 1. The molecule has 0 aliphatic carbocycles. The number of hydrogen-bond acceptors (Lipinski definition) is 4. The van der Waals surface area contributed by atoms with Crippen LogP contribution in [0.4, 0.5) is 0 Å². The van der Waals surface area contributed by atoms with Crippen LogP contribution in [0.25, 0.3) is 27.2 Å². The normalized spacial score (nSPS) is 17.8. The summed E-state index contributed by atoms with van der Waals surface area (Å²) in [5.41, 5.74) is 2.64. The van der Waals surface area contributed by atoms with E-state index in [9.17, 15) is 9.00 Å². The summed E-state index contributed by atoms with van der Waals surface area (Å²) < 4.78 is 17.4. The van der Waals surface area contributed by atoms with E-state index < -0.39 is 11.0 Å². The molecule has 0 fully saturated rings. The molecule has 7 nitrogen and oxygen atoms in total. The predicted octanol–water partition coefficient (Wildman–Crippen LogP) is 1.03. The first-order valence-corrected chi connectivity index (χ1v) is 7.69. The number of carbonyl (C=O) groups is 1. The van der Waals surface area contributed by atoms with Crippen LogP contribution in [0.1, 0.15) is 0 Å². The fourth-order valence-corrected chi connectivity index (χ4v) is 3.28. The van der Waals surface area contributed by atoms with Crippen molar-refractivity contribution in [2.45, 2.75) is 0 Å². The number of rotatable bonds is 2. The monoisotopic (exact) mass is 313 g/mol. The summed E-state index contributed by atoms with van der Waals surface area (Å²) in [4.78, 5) is 11.3. The molecule has 1 amide bonds. The molecule has 1 N–H and O–H groups in total. The third kappa shape index (κ3) is 1.96. The second kappa shape index (κ2) is 4.63. The van der Waals surface area contributed by atoms with Crippen LogP contribution in [0.15, 0.2) is 42.7 Å². The van der Waals surface area contributed by atoms with Gasteiger partial charge in [0.15, 0.2) is 16.0 Å². The van der Waals surface area contributed by atoms with Crippen molar-refractivity contribution in [1.29, 1.82) is 0 Å². The van der Waals surface area contributed by atoms with Crippen molar-refractivity contribution in [3.8, 4) is 11.3 Å². The molecule has 0 spiro atoms. The Hall–Kier alpha value is -2.74. The molecule has 1 unspecified atom stereocenters. The van der Waals surface area contributed by atoms with E-state index in [4.69, 9.17) is 0 Å². The summed E-state index contributed by atoms with van der Waals surface area (Å²) in [6.45, 7) is 0. The fourth-order valence-electron chi connectivity index (χ4n) is 2.42. The molecule has 1 aliphatic heterocycles. The molecule has 4 rings (SSSR count). The second-order valence-corrected chi connectivity index (χ2v) is 6.08. The van der Waals surface area contributed by atoms with E-state index in [-0.39, 0.29) is 5.91 Å². The molecule has 1 atom stereocenters. The Morgan fingerprint density at radius 3 is 2.82 bits per heavy atom. The maximum absolute atomic E-state index is 11.9. The molecular formula is C14H11N5O2S. The Kier molecular flexibility index (Phi) is 2.73. The van der Waals surface area contributed by atoms with E-state index in [1.165, 1.54) is 10.8 Å². The number of hydrogen-bond donors (Lipinski definition) is 1. The summed E-state index contributed by atoms with van der Waals surface area (Å²) in [6, 6.07) is 7.71. The molecule has 0 bridgehead atoms. The minimum absolute atomic E-state index is 0.339. The van der Waals surface area contributed by atoms with E-state index >= 15 is 0 Å². The minimum Gasteiger partial charge on any atom is -0.275 e. The molecule has 3 heterocycles. The van der Waals surface area contributed by atoms with Gasteiger partial charge in [0.25, 0.3) is 5.91 Å². The molecule has 2 aromatic heterocycles. The third-order valence-electron chi connectivity index (χ3n) is 3.42. The van der Waals surface area contributed by atoms with Gasteiger partial charge in [-0.2, -0.15) is 10.2 Å². The molecule has 1 aromatic carbocycles. The fraction of sp³-hybridized carbons (Fsp3) is 0.0714. The van der Waals surface area contributed by atoms with Gasteiger partial charge < -0.3 is 0 Å². The highest BCUT2D eigenvalue weighted by Crippen LogP contribution is 2.26. The molecule has 1 aliphatic rings. The smallest absolute Gasteiger partial charge is 0.258 e. The van der Waals surface area contributed by atoms with Gasteiger partial charge in [-0.3, -0.25) is 14.2 Å². The highest BCUT2D eigenvalue weighted by atomic mass is 32.2. The molecule has 8 heteroatoms. The lowest BCUT2D eigenvalue weighted by atomic mass is 10.1. The summed E-state index contributed by atoms with van der Waals surface area (Å²) in [5.74, 6) is -0.373. The first-order chi connectivity index (χ1) is 10.6. The zero-order valence-electron chi connectivity index (χ0n) is 11.6. The lowest BCUT2D eigenvalue weighted by molar-refractivity contribution is -0.114. The highest BCUT2D eigenvalue weighted by molar-refractivity contribution is 7.93. The number of nitrogens with zero attached hydrogens (tertiary/aromatic N) is 4. The number of amides is 1. The van der Waals surface area contributed by atoms with Crippen molar-refractivity contribution in [1.82, 2.24) is 24.3 Å². The SMILES string of the molecule is Cn1ccc(-c2ccc3c(cnn3C3=CC(=O)NS3=O)c2)n1. The van der Waals surface area contributed by atoms with Crippen LogP contribution < -0.4 is 4.72 Å². The Bertz CT molecular complexity index is 969. The number of carbonyl (C=O) groups excluding carboxylic acids is 1. The van der Waals surface area contributed by atoms with Crippen molar-refractivity contribution in [2.24, 2.45) is 7.05 Å². The van der Waals surface area contributed by atoms with Crippen molar-refractivity contribution in [3.05, 3.63) is 42.7 Å². The predicted molar refractivity (Wildman–Crippen MR) is 82.5 cm³/mol. The molecule has 3 aromatic rings. The quantitative estimate of drug-likeness (QED) is 0.766. The van der Waals surface area contributed by atoms with Crippen LogP contribution in [0.3, 0.4) is 0 Å². The Labute approximate surface area is 127 Å². The Morgan fingerprint density at radius 1 is 1.27 bits per heavy atom. The lowest BCUT2D eigenvalue weighted by Gasteiger charge is -2.03. The van der Waals surface area contributed by atoms with Gasteiger partial charge in [-0.1, -0.05) is 6.07 Å². The number of aryl methyl sites for hydroxylation is 1. The first-order valence-electron chi connectivity index (χ1n) is 6.54. The topological polar surface area (TPSA) is 81.8 Å². The molecule has 0 saturated carbocycles. The van der Waals surface area contributed by atoms with Gasteiger partial charge in [0, 0.05) is 30.3 Å². The maximum atomic E-state index is 11.9. The first kappa shape index (κ1) is 13.0. The van der Waals surface area contributed by atoms with Crippen LogP contribution in [0.2, 0.25) is 0 Å². The standard InChI is InChI=1S/C14H11N5O2S/c1-18-5-4-11(16-18)9-2-3-12-10(6-9)8-15-19(12)14-7-13(20)17-22(14)21/h2-8H,1H3,(H,17,20). The zero-order chi connectivity index (χ0) is 15.3. The van der Waals surface area contributed by atoms with Crippen LogP contribution in [-0.2, 0) is 22.8 Å². The largest absolute Gasteiger partial charge is 0.275 e. The third-order valence-corrected chi connectivity index (χ3v) is 4.48. The van der Waals surface area contributed by atoms with Crippen molar-refractivity contribution < 1.29 is 9.00 Å². The number of aromatic nitrogens is 4. The summed E-state index contributed by atoms with van der Waals surface area (Å²) in [5, 5.41) is 9.84. The summed E-state index contributed by atoms with van der Waals surface area (Å²) in [7, 11) is 0.299. The maximum Gasteiger partial charge on any atom is 0.258 e. The van der Waals surface area contributed by atoms with Crippen LogP contribution >= 0.6 is 0 Å². The second-order valence-electron chi connectivity index (χ2n) is 4.92. The Balaban J connectivity index is 1.83. The van der Waals surface area contributed by atoms with E-state index in [0.717, 1.165) is 22.2 Å². The average molecular weight is 313 g/mol. The zero-order valence-corrected chi connectivity index (χ0v) is 12.4. The summed E-state index contributed by atoms with van der Waals surface area (Å²) in [6.07, 6.45) is 4.87. The van der Waals surface area contributed by atoms with Crippen LogP contribution in [0, 0.1) is 0 Å². The molecule has 0 saturated heterocycles. The minimum atomic E-state index is -1.57. The average Bonchev–Trinajstić information content (AvgIpc) is 3.17. The van der Waals surface area contributed by atoms with Gasteiger partial charge in [0.1, 0.15) is 0 Å². The van der Waals surface area contributed by atoms with Crippen molar-refractivity contribution >= 4 is 32.8 Å². The van der Waals surface area contributed by atoms with E-state index in [2.05, 4.69) is 14.9 Å². The van der Waals surface area contributed by atoms with Gasteiger partial charge in [0.2, 0.25) is 0 Å². The molecular weight excluding hydrogens is 302 g/mol. The van der Waals surface area contributed by atoms with E-state index in [0.29, 0.717) is 5.03 Å². The highest BCUT2D eigenvalue weighted by Gasteiger charge is 2.23. The van der Waals surface area contributed by atoms with Gasteiger partial charge in [-0.25, -0.2) is 8.89 Å². The lowest BCUT2D eigenvalue weighted by Crippen LogP contribution is -2.17. The van der Waals surface area contributed by atoms with Crippen molar-refractivity contribution in [3.63, 3.8) is 0 Å². The Morgan fingerprint density at radius 2 is 2.14 bits per heavy atom. The van der Waals surface area contributed by atoms with E-state index in [1.807, 2.05) is 37.5 Å². The molecule has 0 radical (unpaired) electrons. The molecule has 110 valence electrons. The molecule has 22 heavy (non-hydrogen) atoms. The van der Waals surface area contributed by atoms with Crippen LogP contribution in [-0.4, -0.2) is 29.7 Å². The van der Waals surface area contributed by atoms with Gasteiger partial charge in [-0.15, -0.1) is 0 Å². The van der Waals surface area contributed by atoms with E-state index in [1.54, 1.807) is 10.9 Å². The van der Waals surface area contributed by atoms with Crippen LogP contribution in [0.5, 0.6) is 0 Å². The van der Waals surface area contributed by atoms with Gasteiger partial charge >= 0.3 is 0 Å².